The molecule has 2 N–H and O–H groups in total. The van der Waals surface area contributed by atoms with Crippen LogP contribution in [0, 0.1) is 5.92 Å². The molecule has 0 spiro atoms. The molecule has 0 saturated carbocycles. The van der Waals surface area contributed by atoms with Crippen molar-refractivity contribution >= 4 is 17.3 Å². The molecule has 1 fully saturated rings. The van der Waals surface area contributed by atoms with Gasteiger partial charge in [-0.25, -0.2) is 4.68 Å². The molecule has 1 aromatic rings. The molecular formula is C12H16ClF3N4O. The summed E-state index contributed by atoms with van der Waals surface area (Å²) in [7, 11) is 0. The lowest BCUT2D eigenvalue weighted by Crippen LogP contribution is -2.32. The Hall–Kier alpha value is -1.28. The Balaban J connectivity index is 2.04. The first-order chi connectivity index (χ1) is 9.87. The number of nitrogens with zero attached hydrogens (tertiary/aromatic N) is 2. The lowest BCUT2D eigenvalue weighted by Gasteiger charge is -2.23. The monoisotopic (exact) mass is 324 g/mol. The highest BCUT2D eigenvalue weighted by Crippen LogP contribution is 2.20. The van der Waals surface area contributed by atoms with Gasteiger partial charge in [0.2, 0.25) is 0 Å². The van der Waals surface area contributed by atoms with E-state index in [2.05, 4.69) is 15.7 Å². The Labute approximate surface area is 124 Å². The Kier molecular flexibility index (Phi) is 5.10. The van der Waals surface area contributed by atoms with E-state index < -0.39 is 18.3 Å². The standard InChI is InChI=1S/C12H16ClF3N4O/c13-10-9(18-5-8-1-3-17-4-2-8)6-19-20(11(10)21)7-12(14,15)16/h6,8,17-18H,1-5,7H2. The summed E-state index contributed by atoms with van der Waals surface area (Å²) >= 11 is 5.83. The van der Waals surface area contributed by atoms with Gasteiger partial charge < -0.3 is 10.6 Å². The number of anilines is 1. The molecule has 0 amide bonds. The van der Waals surface area contributed by atoms with Crippen molar-refractivity contribution in [2.24, 2.45) is 5.92 Å². The largest absolute Gasteiger partial charge is 0.408 e. The molecule has 1 aliphatic rings. The van der Waals surface area contributed by atoms with Gasteiger partial charge in [0.05, 0.1) is 11.9 Å². The van der Waals surface area contributed by atoms with E-state index in [1.54, 1.807) is 0 Å². The molecule has 9 heteroatoms. The summed E-state index contributed by atoms with van der Waals surface area (Å²) in [6.45, 7) is 1.04. The molecule has 0 aromatic carbocycles. The summed E-state index contributed by atoms with van der Waals surface area (Å²) in [5, 5.41) is 9.49. The van der Waals surface area contributed by atoms with E-state index in [-0.39, 0.29) is 10.7 Å². The molecule has 118 valence electrons. The number of nitrogens with one attached hydrogen (secondary N) is 2. The molecule has 2 rings (SSSR count). The zero-order valence-electron chi connectivity index (χ0n) is 11.2. The van der Waals surface area contributed by atoms with Gasteiger partial charge in [0.25, 0.3) is 5.56 Å². The number of piperidine rings is 1. The first kappa shape index (κ1) is 16.1. The van der Waals surface area contributed by atoms with Crippen LogP contribution in [0.1, 0.15) is 12.8 Å². The van der Waals surface area contributed by atoms with Crippen molar-refractivity contribution in [3.05, 3.63) is 21.6 Å². The van der Waals surface area contributed by atoms with Crippen LogP contribution in [0.2, 0.25) is 5.02 Å². The Bertz CT molecular complexity index is 540. The fourth-order valence-corrected chi connectivity index (χ4v) is 2.42. The smallest absolute Gasteiger partial charge is 0.382 e. The third kappa shape index (κ3) is 4.60. The van der Waals surface area contributed by atoms with Crippen LogP contribution in [0.5, 0.6) is 0 Å². The van der Waals surface area contributed by atoms with Gasteiger partial charge in [-0.2, -0.15) is 18.3 Å². The number of halogens is 4. The number of aromatic nitrogens is 2. The molecule has 5 nitrogen and oxygen atoms in total. The van der Waals surface area contributed by atoms with E-state index in [0.29, 0.717) is 17.1 Å². The first-order valence-corrected chi connectivity index (χ1v) is 7.01. The number of hydrogen-bond acceptors (Lipinski definition) is 4. The lowest BCUT2D eigenvalue weighted by atomic mass is 9.98. The summed E-state index contributed by atoms with van der Waals surface area (Å²) in [5.41, 5.74) is -0.664. The zero-order valence-corrected chi connectivity index (χ0v) is 12.0. The van der Waals surface area contributed by atoms with Gasteiger partial charge in [0.1, 0.15) is 11.6 Å². The third-order valence-corrected chi connectivity index (χ3v) is 3.72. The molecule has 0 unspecified atom stereocenters. The minimum Gasteiger partial charge on any atom is -0.382 e. The highest BCUT2D eigenvalue weighted by Gasteiger charge is 2.29. The molecule has 0 aliphatic carbocycles. The number of rotatable bonds is 4. The Morgan fingerprint density at radius 3 is 2.71 bits per heavy atom. The highest BCUT2D eigenvalue weighted by molar-refractivity contribution is 6.32. The predicted octanol–water partition coefficient (Wildman–Crippen LogP) is 1.87. The van der Waals surface area contributed by atoms with Crippen LogP contribution in [-0.4, -0.2) is 35.6 Å². The van der Waals surface area contributed by atoms with Gasteiger partial charge in [-0.05, 0) is 31.8 Å². The van der Waals surface area contributed by atoms with Crippen LogP contribution in [0.15, 0.2) is 11.0 Å². The molecule has 0 radical (unpaired) electrons. The number of alkyl halides is 3. The second-order valence-corrected chi connectivity index (χ2v) is 5.40. The highest BCUT2D eigenvalue weighted by atomic mass is 35.5. The molecule has 1 saturated heterocycles. The van der Waals surface area contributed by atoms with Crippen LogP contribution in [0.4, 0.5) is 18.9 Å². The average Bonchev–Trinajstić information content (AvgIpc) is 2.43. The maximum atomic E-state index is 12.3. The molecule has 1 aliphatic heterocycles. The van der Waals surface area contributed by atoms with E-state index in [1.165, 1.54) is 0 Å². The summed E-state index contributed by atoms with van der Waals surface area (Å²) in [6, 6.07) is 0. The molecule has 0 bridgehead atoms. The van der Waals surface area contributed by atoms with E-state index in [4.69, 9.17) is 11.6 Å². The van der Waals surface area contributed by atoms with Gasteiger partial charge in [-0.1, -0.05) is 11.6 Å². The first-order valence-electron chi connectivity index (χ1n) is 6.64. The normalized spacial score (nSPS) is 17.0. The molecule has 21 heavy (non-hydrogen) atoms. The fourth-order valence-electron chi connectivity index (χ4n) is 2.21. The van der Waals surface area contributed by atoms with Crippen molar-refractivity contribution in [1.82, 2.24) is 15.1 Å². The van der Waals surface area contributed by atoms with Crippen LogP contribution in [0.25, 0.3) is 0 Å². The van der Waals surface area contributed by atoms with Gasteiger partial charge >= 0.3 is 6.18 Å². The van der Waals surface area contributed by atoms with Gasteiger partial charge in [0, 0.05) is 6.54 Å². The van der Waals surface area contributed by atoms with E-state index >= 15 is 0 Å². The van der Waals surface area contributed by atoms with E-state index in [9.17, 15) is 18.0 Å². The van der Waals surface area contributed by atoms with Crippen molar-refractivity contribution in [2.75, 3.05) is 25.0 Å². The SMILES string of the molecule is O=c1c(Cl)c(NCC2CCNCC2)cnn1CC(F)(F)F. The second-order valence-electron chi connectivity index (χ2n) is 5.02. The van der Waals surface area contributed by atoms with Crippen LogP contribution in [0.3, 0.4) is 0 Å². The molecule has 2 heterocycles. The third-order valence-electron chi connectivity index (χ3n) is 3.35. The minimum absolute atomic E-state index is 0.261. The van der Waals surface area contributed by atoms with Crippen LogP contribution < -0.4 is 16.2 Å². The minimum atomic E-state index is -4.51. The van der Waals surface area contributed by atoms with Crippen molar-refractivity contribution < 1.29 is 13.2 Å². The number of hydrogen-bond donors (Lipinski definition) is 2. The van der Waals surface area contributed by atoms with Gasteiger partial charge in [-0.15, -0.1) is 0 Å². The quantitative estimate of drug-likeness (QED) is 0.888. The van der Waals surface area contributed by atoms with Crippen molar-refractivity contribution in [3.8, 4) is 0 Å². The van der Waals surface area contributed by atoms with Gasteiger partial charge in [-0.3, -0.25) is 4.79 Å². The van der Waals surface area contributed by atoms with Crippen molar-refractivity contribution in [1.29, 1.82) is 0 Å². The Morgan fingerprint density at radius 2 is 2.10 bits per heavy atom. The molecular weight excluding hydrogens is 309 g/mol. The van der Waals surface area contributed by atoms with Crippen molar-refractivity contribution in [2.45, 2.75) is 25.6 Å². The summed E-state index contributed by atoms with van der Waals surface area (Å²) in [4.78, 5) is 11.7. The lowest BCUT2D eigenvalue weighted by molar-refractivity contribution is -0.143. The van der Waals surface area contributed by atoms with Crippen LogP contribution >= 0.6 is 11.6 Å². The van der Waals surface area contributed by atoms with E-state index in [1.807, 2.05) is 0 Å². The Morgan fingerprint density at radius 1 is 1.43 bits per heavy atom. The molecule has 1 aromatic heterocycles. The van der Waals surface area contributed by atoms with Gasteiger partial charge in [0.15, 0.2) is 0 Å². The summed E-state index contributed by atoms with van der Waals surface area (Å²) in [5.74, 6) is 0.444. The fraction of sp³-hybridized carbons (Fsp3) is 0.667. The maximum Gasteiger partial charge on any atom is 0.408 e. The second kappa shape index (κ2) is 6.65. The average molecular weight is 325 g/mol. The van der Waals surface area contributed by atoms with E-state index in [0.717, 1.165) is 32.1 Å². The summed E-state index contributed by atoms with van der Waals surface area (Å²) in [6.07, 6.45) is -1.34. The summed E-state index contributed by atoms with van der Waals surface area (Å²) < 4.78 is 37.2. The van der Waals surface area contributed by atoms with Crippen molar-refractivity contribution in [3.63, 3.8) is 0 Å². The molecule has 0 atom stereocenters. The topological polar surface area (TPSA) is 59.0 Å². The van der Waals surface area contributed by atoms with Crippen LogP contribution in [-0.2, 0) is 6.54 Å². The predicted molar refractivity (Wildman–Crippen MR) is 73.6 cm³/mol. The zero-order chi connectivity index (χ0) is 15.5. The maximum absolute atomic E-state index is 12.3.